The fourth-order valence-electron chi connectivity index (χ4n) is 11.0. The molecule has 0 heterocycles. The summed E-state index contributed by atoms with van der Waals surface area (Å²) in [6.07, 6.45) is 37.5. The summed E-state index contributed by atoms with van der Waals surface area (Å²) < 4.78 is 28.2. The van der Waals surface area contributed by atoms with Crippen LogP contribution in [0.15, 0.2) is 98.7 Å². The summed E-state index contributed by atoms with van der Waals surface area (Å²) in [5, 5.41) is 16.7. The number of rotatable bonds is 28. The van der Waals surface area contributed by atoms with E-state index in [-0.39, 0.29) is 97.9 Å². The van der Waals surface area contributed by atoms with Gasteiger partial charge in [0.15, 0.2) is 0 Å². The Hall–Kier alpha value is -4.97. The molecule has 0 amide bonds. The van der Waals surface area contributed by atoms with E-state index >= 15 is 0 Å². The first-order chi connectivity index (χ1) is 38.0. The lowest BCUT2D eigenvalue weighted by atomic mass is 9.94. The van der Waals surface area contributed by atoms with E-state index in [0.717, 1.165) is 148 Å². The molecule has 0 aromatic carbocycles. The normalized spacial score (nSPS) is 22.1. The first-order valence-electron chi connectivity index (χ1n) is 28.9. The third kappa shape index (κ3) is 36.7. The summed E-state index contributed by atoms with van der Waals surface area (Å²) in [4.78, 5) is 66.8. The summed E-state index contributed by atoms with van der Waals surface area (Å²) in [5.74, 6) is 2.70. The highest BCUT2D eigenvalue weighted by Crippen LogP contribution is 2.45. The summed E-state index contributed by atoms with van der Waals surface area (Å²) in [6.45, 7) is 17.7. The molecule has 0 radical (unpaired) electrons. The molecule has 0 aromatic heterocycles. The summed E-state index contributed by atoms with van der Waals surface area (Å²) in [7, 11) is 14.3. The lowest BCUT2D eigenvalue weighted by molar-refractivity contribution is -0.890. The van der Waals surface area contributed by atoms with Crippen molar-refractivity contribution in [1.82, 2.24) is 0 Å². The maximum Gasteiger partial charge on any atom is 0.330 e. The second kappa shape index (κ2) is 47.1. The number of carbonyl (C=O) groups excluding carboxylic acids is 6. The number of allylic oxidation sites excluding steroid dienone is 11. The van der Waals surface area contributed by atoms with Crippen LogP contribution in [0.2, 0.25) is 0 Å². The van der Waals surface area contributed by atoms with Crippen LogP contribution in [0, 0.1) is 53.3 Å². The third-order valence-corrected chi connectivity index (χ3v) is 15.7. The number of methoxy groups -OCH3 is 1. The van der Waals surface area contributed by atoms with Crippen LogP contribution in [0.25, 0.3) is 0 Å². The first-order valence-corrected chi connectivity index (χ1v) is 29.3. The number of fused-ring (bicyclic) bond motifs is 6. The molecule has 2 N–H and O–H groups in total. The van der Waals surface area contributed by atoms with E-state index in [9.17, 15) is 28.8 Å². The fraction of sp³-hybridized carbons (Fsp3) is 0.676. The molecule has 0 aliphatic heterocycles. The van der Waals surface area contributed by atoms with Gasteiger partial charge in [-0.25, -0.2) is 9.59 Å². The standard InChI is InChI=1S/C24H36NO4.C14H24NO4.C9H12O2.C8H20NO2.C5H6.C3H3ClO.5CH4/c1-25(2,9-3-11-28-23(26)21-15-17-5-7-19(21)13-17)10-4-12-29-24(27)22-16-18-6-8-20(22)14-18;1-5-13(16)18-11-7-9-15(3,4)10-8-12-19-14(17)6-2;1-11-9(10)8-5-6-2-3-7(8)4-6;1-9(2,5-3-7-10)6-4-8-11;1-2-4-5-3-1;1-2-3(4)5;;;;;/h5-8,17-22H,3-4,9-16H2,1-2H3;5-6H,1-2,7-12H2,3-4H3;2-3,6-8H,4-5H2,1H3;10-11H,3-8H2,1-2H3;1-4H,5H2;2H,1H2;5*1H4/q2*+1;;+1;;;;;;;. The molecular formula is C68H121ClN3O13+3. The van der Waals surface area contributed by atoms with Gasteiger partial charge in [0.05, 0.1) is 133 Å². The van der Waals surface area contributed by atoms with E-state index in [2.05, 4.69) is 123 Å². The molecule has 3 saturated carbocycles. The third-order valence-electron chi connectivity index (χ3n) is 15.5. The molecule has 17 heteroatoms. The number of aliphatic hydroxyl groups is 2. The Labute approximate surface area is 521 Å². The molecule has 0 saturated heterocycles. The highest BCUT2D eigenvalue weighted by molar-refractivity contribution is 6.66. The van der Waals surface area contributed by atoms with E-state index < -0.39 is 5.24 Å². The topological polar surface area (TPSA) is 189 Å². The van der Waals surface area contributed by atoms with Crippen LogP contribution >= 0.6 is 11.6 Å². The zero-order valence-electron chi connectivity index (χ0n) is 49.6. The van der Waals surface area contributed by atoms with Crippen molar-refractivity contribution in [3.05, 3.63) is 98.7 Å². The van der Waals surface area contributed by atoms with Crippen molar-refractivity contribution in [2.75, 3.05) is 128 Å². The van der Waals surface area contributed by atoms with Crippen LogP contribution in [-0.4, -0.2) is 187 Å². The maximum absolute atomic E-state index is 12.3. The van der Waals surface area contributed by atoms with Crippen LogP contribution in [0.5, 0.6) is 0 Å². The first kappa shape index (κ1) is 86.5. The molecule has 9 unspecified atom stereocenters. The molecule has 85 heavy (non-hydrogen) atoms. The maximum atomic E-state index is 12.3. The van der Waals surface area contributed by atoms with Crippen LogP contribution in [0.3, 0.4) is 0 Å². The van der Waals surface area contributed by atoms with Gasteiger partial charge in [-0.2, -0.15) is 0 Å². The van der Waals surface area contributed by atoms with Crippen LogP contribution in [-0.2, 0) is 52.5 Å². The molecular weight excluding hydrogens is 1100 g/mol. The van der Waals surface area contributed by atoms with Gasteiger partial charge in [-0.05, 0) is 98.1 Å². The molecule has 0 spiro atoms. The van der Waals surface area contributed by atoms with Gasteiger partial charge in [0.2, 0.25) is 5.24 Å². The van der Waals surface area contributed by atoms with E-state index in [1.165, 1.54) is 13.5 Å². The number of nitrogens with zero attached hydrogens (tertiary/aromatic N) is 3. The van der Waals surface area contributed by atoms with E-state index in [0.29, 0.717) is 61.9 Å². The van der Waals surface area contributed by atoms with Gasteiger partial charge in [-0.1, -0.05) is 118 Å². The van der Waals surface area contributed by atoms with Crippen molar-refractivity contribution in [1.29, 1.82) is 0 Å². The minimum atomic E-state index is -0.509. The van der Waals surface area contributed by atoms with Gasteiger partial charge in [0.1, 0.15) is 0 Å². The van der Waals surface area contributed by atoms with Crippen molar-refractivity contribution < 1.29 is 76.1 Å². The smallest absolute Gasteiger partial charge is 0.330 e. The second-order valence-corrected chi connectivity index (χ2v) is 24.0. The Morgan fingerprint density at radius 3 is 0.953 bits per heavy atom. The van der Waals surface area contributed by atoms with Gasteiger partial charge >= 0.3 is 29.8 Å². The van der Waals surface area contributed by atoms with Crippen LogP contribution in [0.1, 0.15) is 121 Å². The fourth-order valence-corrected chi connectivity index (χ4v) is 11.0. The predicted octanol–water partition coefficient (Wildman–Crippen LogP) is 11.5. The Morgan fingerprint density at radius 1 is 0.459 bits per heavy atom. The number of halogens is 1. The number of quaternary nitrogens is 3. The number of carbonyl (C=O) groups is 6. The van der Waals surface area contributed by atoms with E-state index in [4.69, 9.17) is 45.5 Å². The van der Waals surface area contributed by atoms with Gasteiger partial charge in [-0.3, -0.25) is 19.2 Å². The lowest BCUT2D eigenvalue weighted by Crippen LogP contribution is -2.42. The predicted molar refractivity (Wildman–Crippen MR) is 348 cm³/mol. The second-order valence-electron chi connectivity index (χ2n) is 23.6. The van der Waals surface area contributed by atoms with Gasteiger partial charge in [-0.15, -0.1) is 0 Å². The van der Waals surface area contributed by atoms with Gasteiger partial charge in [0.25, 0.3) is 0 Å². The molecule has 7 rings (SSSR count). The Bertz CT molecular complexity index is 1990. The van der Waals surface area contributed by atoms with Gasteiger partial charge in [0, 0.05) is 63.9 Å². The molecule has 6 bridgehead atoms. The highest BCUT2D eigenvalue weighted by Gasteiger charge is 2.42. The molecule has 9 atom stereocenters. The number of hydrogen-bond acceptors (Lipinski definition) is 13. The minimum absolute atomic E-state index is 0. The minimum Gasteiger partial charge on any atom is -0.469 e. The Balaban J connectivity index is -0.000000508. The molecule has 7 aliphatic carbocycles. The van der Waals surface area contributed by atoms with Crippen LogP contribution in [0.4, 0.5) is 0 Å². The zero-order valence-corrected chi connectivity index (χ0v) is 50.4. The largest absolute Gasteiger partial charge is 0.469 e. The quantitative estimate of drug-likeness (QED) is 0.0143. The molecule has 0 aromatic rings. The van der Waals surface area contributed by atoms with Gasteiger partial charge < -0.3 is 47.3 Å². The van der Waals surface area contributed by atoms with Crippen molar-refractivity contribution >= 4 is 46.7 Å². The molecule has 7 aliphatic rings. The monoisotopic (exact) mass is 1220 g/mol. The number of ether oxygens (including phenoxy) is 5. The number of hydrogen-bond donors (Lipinski definition) is 2. The van der Waals surface area contributed by atoms with E-state index in [1.807, 2.05) is 0 Å². The average Bonchev–Trinajstić information content (AvgIpc) is 3.99. The summed E-state index contributed by atoms with van der Waals surface area (Å²) in [6, 6.07) is 0. The lowest BCUT2D eigenvalue weighted by Gasteiger charge is -2.30. The SMILES string of the molecule is C.C.C.C.C.C1=CCC=C1.C=CC(=O)Cl.C=CC(=O)OCCC[N+](C)(C)CCCOC(=O)C=C.COC(=O)C1CC2C=CC1C2.C[N+](C)(CCCO)CCCO.C[N+](C)(CCCOC(=O)C1CC2C=CC1C2)CCCOC(=O)C1CC2C=CC1C2. The van der Waals surface area contributed by atoms with Crippen molar-refractivity contribution in [3.8, 4) is 0 Å². The molecule has 3 fully saturated rings. The van der Waals surface area contributed by atoms with Crippen molar-refractivity contribution in [2.45, 2.75) is 121 Å². The molecule has 16 nitrogen and oxygen atoms in total. The average molecular weight is 1220 g/mol. The number of esters is 5. The van der Waals surface area contributed by atoms with Crippen molar-refractivity contribution in [2.24, 2.45) is 53.3 Å². The Morgan fingerprint density at radius 2 is 0.741 bits per heavy atom. The Kier molecular flexibility index (Phi) is 48.0. The van der Waals surface area contributed by atoms with Crippen molar-refractivity contribution in [3.63, 3.8) is 0 Å². The summed E-state index contributed by atoms with van der Waals surface area (Å²) >= 11 is 4.71. The zero-order chi connectivity index (χ0) is 59.6. The van der Waals surface area contributed by atoms with E-state index in [1.54, 1.807) is 0 Å². The summed E-state index contributed by atoms with van der Waals surface area (Å²) in [5.41, 5.74) is 0. The highest BCUT2D eigenvalue weighted by atomic mass is 35.5. The number of aliphatic hydroxyl groups excluding tert-OH is 2. The molecule has 490 valence electrons. The van der Waals surface area contributed by atoms with Crippen LogP contribution < -0.4 is 0 Å².